The summed E-state index contributed by atoms with van der Waals surface area (Å²) in [4.78, 5) is 12.2. The van der Waals surface area contributed by atoms with Crippen LogP contribution in [0.25, 0.3) is 5.69 Å². The summed E-state index contributed by atoms with van der Waals surface area (Å²) in [5, 5.41) is 11.6. The Morgan fingerprint density at radius 1 is 1.43 bits per heavy atom. The first-order chi connectivity index (χ1) is 11.1. The van der Waals surface area contributed by atoms with Crippen molar-refractivity contribution in [2.24, 2.45) is 5.92 Å². The molecule has 1 atom stereocenters. The van der Waals surface area contributed by atoms with Crippen LogP contribution in [0.4, 0.5) is 0 Å². The van der Waals surface area contributed by atoms with Crippen molar-refractivity contribution < 1.29 is 4.79 Å². The lowest BCUT2D eigenvalue weighted by Crippen LogP contribution is -2.38. The standard InChI is InChI=1S/C16H18Cl2N4O/c17-13-3-4-15(14(18)6-13)22-10-12(9-21-22)16(23)20-8-11-2-1-5-19-7-11/h3-4,6,9-11,19H,1-2,5,7-8H2,(H,20,23). The van der Waals surface area contributed by atoms with Gasteiger partial charge in [-0.15, -0.1) is 0 Å². The van der Waals surface area contributed by atoms with Crippen LogP contribution in [-0.2, 0) is 0 Å². The van der Waals surface area contributed by atoms with Crippen LogP contribution >= 0.6 is 23.2 Å². The van der Waals surface area contributed by atoms with E-state index in [-0.39, 0.29) is 5.91 Å². The average molecular weight is 353 g/mol. The molecule has 1 aliphatic rings. The van der Waals surface area contributed by atoms with Gasteiger partial charge in [0.15, 0.2) is 0 Å². The van der Waals surface area contributed by atoms with Gasteiger partial charge in [-0.25, -0.2) is 4.68 Å². The number of halogens is 2. The fourth-order valence-electron chi connectivity index (χ4n) is 2.68. The van der Waals surface area contributed by atoms with Gasteiger partial charge in [-0.1, -0.05) is 23.2 Å². The van der Waals surface area contributed by atoms with Gasteiger partial charge in [-0.3, -0.25) is 4.79 Å². The fourth-order valence-corrected chi connectivity index (χ4v) is 3.17. The number of nitrogens with zero attached hydrogens (tertiary/aromatic N) is 2. The van der Waals surface area contributed by atoms with Crippen LogP contribution in [0.15, 0.2) is 30.6 Å². The molecule has 0 bridgehead atoms. The average Bonchev–Trinajstić information content (AvgIpc) is 3.03. The monoisotopic (exact) mass is 352 g/mol. The number of aromatic nitrogens is 2. The van der Waals surface area contributed by atoms with Crippen molar-refractivity contribution in [1.29, 1.82) is 0 Å². The highest BCUT2D eigenvalue weighted by Gasteiger charge is 2.16. The molecule has 0 spiro atoms. The first-order valence-corrected chi connectivity index (χ1v) is 8.38. The topological polar surface area (TPSA) is 59.0 Å². The zero-order valence-electron chi connectivity index (χ0n) is 12.6. The van der Waals surface area contributed by atoms with Crippen LogP contribution in [0, 0.1) is 5.92 Å². The van der Waals surface area contributed by atoms with Crippen molar-refractivity contribution >= 4 is 29.1 Å². The van der Waals surface area contributed by atoms with E-state index in [0.717, 1.165) is 25.9 Å². The van der Waals surface area contributed by atoms with Gasteiger partial charge in [0.05, 0.1) is 22.5 Å². The Balaban J connectivity index is 1.65. The molecule has 7 heteroatoms. The minimum atomic E-state index is -0.119. The van der Waals surface area contributed by atoms with Gasteiger partial charge in [-0.05, 0) is 50.0 Å². The minimum absolute atomic E-state index is 0.119. The van der Waals surface area contributed by atoms with Gasteiger partial charge >= 0.3 is 0 Å². The molecule has 1 unspecified atom stereocenters. The van der Waals surface area contributed by atoms with E-state index < -0.39 is 0 Å². The molecule has 1 saturated heterocycles. The van der Waals surface area contributed by atoms with E-state index in [4.69, 9.17) is 23.2 Å². The fraction of sp³-hybridized carbons (Fsp3) is 0.375. The molecular formula is C16H18Cl2N4O. The lowest BCUT2D eigenvalue weighted by Gasteiger charge is -2.22. The summed E-state index contributed by atoms with van der Waals surface area (Å²) < 4.78 is 1.58. The maximum absolute atomic E-state index is 12.2. The number of piperidine rings is 1. The number of rotatable bonds is 4. The van der Waals surface area contributed by atoms with Crippen molar-refractivity contribution in [3.05, 3.63) is 46.2 Å². The molecule has 0 saturated carbocycles. The van der Waals surface area contributed by atoms with Gasteiger partial charge in [-0.2, -0.15) is 5.10 Å². The number of benzene rings is 1. The highest BCUT2D eigenvalue weighted by atomic mass is 35.5. The van der Waals surface area contributed by atoms with E-state index in [1.165, 1.54) is 0 Å². The van der Waals surface area contributed by atoms with Crippen molar-refractivity contribution in [3.63, 3.8) is 0 Å². The summed E-state index contributed by atoms with van der Waals surface area (Å²) in [5.74, 6) is 0.375. The van der Waals surface area contributed by atoms with Crippen molar-refractivity contribution in [2.75, 3.05) is 19.6 Å². The summed E-state index contributed by atoms with van der Waals surface area (Å²) in [5.41, 5.74) is 1.20. The molecule has 1 aromatic carbocycles. The second kappa shape index (κ2) is 7.34. The third kappa shape index (κ3) is 4.05. The highest BCUT2D eigenvalue weighted by Crippen LogP contribution is 2.24. The molecule has 2 N–H and O–H groups in total. The van der Waals surface area contributed by atoms with Crippen LogP contribution in [0.1, 0.15) is 23.2 Å². The molecule has 122 valence electrons. The van der Waals surface area contributed by atoms with Gasteiger partial charge in [0.1, 0.15) is 0 Å². The number of hydrogen-bond donors (Lipinski definition) is 2. The Labute approximate surface area is 145 Å². The maximum atomic E-state index is 12.2. The molecule has 1 aliphatic heterocycles. The Morgan fingerprint density at radius 3 is 3.04 bits per heavy atom. The quantitative estimate of drug-likeness (QED) is 0.889. The van der Waals surface area contributed by atoms with Crippen LogP contribution in [0.3, 0.4) is 0 Å². The molecule has 1 fully saturated rings. The number of hydrogen-bond acceptors (Lipinski definition) is 3. The summed E-state index contributed by atoms with van der Waals surface area (Å²) in [6, 6.07) is 5.16. The number of carbonyl (C=O) groups excluding carboxylic acids is 1. The maximum Gasteiger partial charge on any atom is 0.254 e. The zero-order chi connectivity index (χ0) is 16.2. The van der Waals surface area contributed by atoms with Crippen LogP contribution in [-0.4, -0.2) is 35.3 Å². The number of nitrogens with one attached hydrogen (secondary N) is 2. The predicted octanol–water partition coefficient (Wildman–Crippen LogP) is 2.91. The first-order valence-electron chi connectivity index (χ1n) is 7.62. The van der Waals surface area contributed by atoms with Crippen molar-refractivity contribution in [3.8, 4) is 5.69 Å². The third-order valence-electron chi connectivity index (χ3n) is 3.95. The van der Waals surface area contributed by atoms with E-state index >= 15 is 0 Å². The molecular weight excluding hydrogens is 335 g/mol. The molecule has 0 radical (unpaired) electrons. The van der Waals surface area contributed by atoms with Crippen LogP contribution < -0.4 is 10.6 Å². The summed E-state index contributed by atoms with van der Waals surface area (Å²) in [6.45, 7) is 2.71. The smallest absolute Gasteiger partial charge is 0.254 e. The highest BCUT2D eigenvalue weighted by molar-refractivity contribution is 6.35. The lowest BCUT2D eigenvalue weighted by molar-refractivity contribution is 0.0945. The van der Waals surface area contributed by atoms with Gasteiger partial charge in [0, 0.05) is 17.8 Å². The SMILES string of the molecule is O=C(NCC1CCCNC1)c1cnn(-c2ccc(Cl)cc2Cl)c1. The Hall–Kier alpha value is -1.56. The first kappa shape index (κ1) is 16.3. The molecule has 3 rings (SSSR count). The molecule has 2 aromatic rings. The second-order valence-electron chi connectivity index (χ2n) is 5.69. The van der Waals surface area contributed by atoms with Gasteiger partial charge in [0.25, 0.3) is 5.91 Å². The Bertz CT molecular complexity index is 695. The second-order valence-corrected chi connectivity index (χ2v) is 6.54. The molecule has 0 aliphatic carbocycles. The van der Waals surface area contributed by atoms with Crippen LogP contribution in [0.2, 0.25) is 10.0 Å². The molecule has 5 nitrogen and oxygen atoms in total. The molecule has 23 heavy (non-hydrogen) atoms. The largest absolute Gasteiger partial charge is 0.352 e. The minimum Gasteiger partial charge on any atom is -0.352 e. The van der Waals surface area contributed by atoms with E-state index in [1.54, 1.807) is 35.3 Å². The Morgan fingerprint density at radius 2 is 2.30 bits per heavy atom. The van der Waals surface area contributed by atoms with E-state index in [9.17, 15) is 4.79 Å². The summed E-state index contributed by atoms with van der Waals surface area (Å²) in [6.07, 6.45) is 5.52. The predicted molar refractivity (Wildman–Crippen MR) is 91.5 cm³/mol. The molecule has 1 amide bonds. The van der Waals surface area contributed by atoms with Gasteiger partial charge < -0.3 is 10.6 Å². The van der Waals surface area contributed by atoms with E-state index in [2.05, 4.69) is 15.7 Å². The van der Waals surface area contributed by atoms with Crippen molar-refractivity contribution in [2.45, 2.75) is 12.8 Å². The number of amides is 1. The molecule has 2 heterocycles. The van der Waals surface area contributed by atoms with E-state index in [0.29, 0.717) is 33.8 Å². The Kier molecular flexibility index (Phi) is 5.20. The summed E-state index contributed by atoms with van der Waals surface area (Å²) >= 11 is 12.1. The lowest BCUT2D eigenvalue weighted by atomic mass is 10.00. The van der Waals surface area contributed by atoms with Crippen molar-refractivity contribution in [1.82, 2.24) is 20.4 Å². The summed E-state index contributed by atoms with van der Waals surface area (Å²) in [7, 11) is 0. The molecule has 1 aromatic heterocycles. The van der Waals surface area contributed by atoms with E-state index in [1.807, 2.05) is 0 Å². The number of carbonyl (C=O) groups is 1. The van der Waals surface area contributed by atoms with Crippen LogP contribution in [0.5, 0.6) is 0 Å². The third-order valence-corrected chi connectivity index (χ3v) is 4.49. The zero-order valence-corrected chi connectivity index (χ0v) is 14.1. The van der Waals surface area contributed by atoms with Gasteiger partial charge in [0.2, 0.25) is 0 Å². The normalized spacial score (nSPS) is 17.9.